The first-order valence-electron chi connectivity index (χ1n) is 8.21. The van der Waals surface area contributed by atoms with Crippen molar-refractivity contribution < 1.29 is 0 Å². The molecule has 0 unspecified atom stereocenters. The lowest BCUT2D eigenvalue weighted by Gasteiger charge is -2.21. The van der Waals surface area contributed by atoms with Crippen LogP contribution < -0.4 is 0 Å². The molecule has 0 amide bonds. The van der Waals surface area contributed by atoms with E-state index in [1.54, 1.807) is 0 Å². The fourth-order valence-electron chi connectivity index (χ4n) is 2.68. The molecule has 0 bridgehead atoms. The minimum Gasteiger partial charge on any atom is -0.300 e. The third kappa shape index (κ3) is 3.88. The predicted octanol–water partition coefficient (Wildman–Crippen LogP) is 6.11. The third-order valence-corrected chi connectivity index (χ3v) is 3.94. The van der Waals surface area contributed by atoms with Crippen molar-refractivity contribution in [2.75, 3.05) is 0 Å². The number of rotatable bonds is 6. The second kappa shape index (κ2) is 8.57. The molecule has 0 atom stereocenters. The Hall–Kier alpha value is -1.83. The average Bonchev–Trinajstić information content (AvgIpc) is 2.97. The zero-order chi connectivity index (χ0) is 16.7. The minimum atomic E-state index is 0.479. The Morgan fingerprint density at radius 1 is 1.23 bits per heavy atom. The van der Waals surface area contributed by atoms with Crippen molar-refractivity contribution in [2.45, 2.75) is 54.9 Å². The molecule has 22 heavy (non-hydrogen) atoms. The van der Waals surface area contributed by atoms with E-state index in [0.717, 1.165) is 17.8 Å². The van der Waals surface area contributed by atoms with E-state index in [1.165, 1.54) is 16.8 Å². The monoisotopic (exact) mass is 298 g/mol. The summed E-state index contributed by atoms with van der Waals surface area (Å²) in [7, 11) is 0. The van der Waals surface area contributed by atoms with Gasteiger partial charge in [-0.1, -0.05) is 45.1 Å². The van der Waals surface area contributed by atoms with Gasteiger partial charge in [-0.2, -0.15) is 0 Å². The number of imidazole rings is 1. The quantitative estimate of drug-likeness (QED) is 0.580. The number of nitrogens with zero attached hydrogens (tertiary/aromatic N) is 2. The molecule has 0 aliphatic carbocycles. The molecule has 0 N–H and O–H groups in total. The Labute approximate surface area is 136 Å². The molecule has 0 aromatic carbocycles. The van der Waals surface area contributed by atoms with Crippen LogP contribution in [0.5, 0.6) is 0 Å². The number of hydrogen-bond acceptors (Lipinski definition) is 1. The average molecular weight is 298 g/mol. The molecule has 0 aliphatic heterocycles. The van der Waals surface area contributed by atoms with Crippen molar-refractivity contribution in [1.29, 1.82) is 0 Å². The number of aromatic nitrogens is 2. The molecule has 0 fully saturated rings. The molecule has 2 heteroatoms. The van der Waals surface area contributed by atoms with E-state index >= 15 is 0 Å². The second-order valence-corrected chi connectivity index (χ2v) is 5.75. The number of hydrogen-bond donors (Lipinski definition) is 0. The minimum absolute atomic E-state index is 0.479. The third-order valence-electron chi connectivity index (χ3n) is 3.94. The standard InChI is InChI=1S/C20H30N2/c1-8-12-17(10-3)20-21-13-14-22(20)19(16(7)9-2)18(11-4)15(5)6/h8,10-15H,9H2,1-7H3/b12-8-,17-10?,18-11-,19-16-. The van der Waals surface area contributed by atoms with E-state index in [4.69, 9.17) is 0 Å². The maximum atomic E-state index is 4.60. The zero-order valence-electron chi connectivity index (χ0n) is 15.1. The molecule has 0 spiro atoms. The maximum absolute atomic E-state index is 4.60. The smallest absolute Gasteiger partial charge is 0.144 e. The van der Waals surface area contributed by atoms with Crippen molar-refractivity contribution in [1.82, 2.24) is 9.55 Å². The van der Waals surface area contributed by atoms with Crippen LogP contribution in [0.1, 0.15) is 60.7 Å². The molecule has 120 valence electrons. The fraction of sp³-hybridized carbons (Fsp3) is 0.450. The van der Waals surface area contributed by atoms with E-state index in [1.807, 2.05) is 13.1 Å². The van der Waals surface area contributed by atoms with Gasteiger partial charge < -0.3 is 0 Å². The van der Waals surface area contributed by atoms with Gasteiger partial charge in [0.15, 0.2) is 0 Å². The largest absolute Gasteiger partial charge is 0.300 e. The SMILES string of the molecule is CC=C(/C=C\C)c1nccn1C(/C(=C\C)C(C)C)=C(/C)CC. The molecule has 2 nitrogen and oxygen atoms in total. The molecule has 1 heterocycles. The first-order valence-corrected chi connectivity index (χ1v) is 8.21. The Kier molecular flexibility index (Phi) is 7.10. The van der Waals surface area contributed by atoms with Crippen molar-refractivity contribution in [3.8, 4) is 0 Å². The predicted molar refractivity (Wildman–Crippen MR) is 98.5 cm³/mol. The van der Waals surface area contributed by atoms with Crippen molar-refractivity contribution in [2.24, 2.45) is 5.92 Å². The van der Waals surface area contributed by atoms with Crippen LogP contribution in [0.4, 0.5) is 0 Å². The van der Waals surface area contributed by atoms with E-state index in [2.05, 4.69) is 81.6 Å². The van der Waals surface area contributed by atoms with Crippen LogP contribution in [0.2, 0.25) is 0 Å². The molecule has 0 radical (unpaired) electrons. The summed E-state index contributed by atoms with van der Waals surface area (Å²) in [4.78, 5) is 4.60. The topological polar surface area (TPSA) is 17.8 Å². The summed E-state index contributed by atoms with van der Waals surface area (Å²) in [6, 6.07) is 0. The van der Waals surface area contributed by atoms with Crippen LogP contribution in [0.25, 0.3) is 11.3 Å². The van der Waals surface area contributed by atoms with Crippen LogP contribution in [0.3, 0.4) is 0 Å². The van der Waals surface area contributed by atoms with Crippen LogP contribution in [-0.4, -0.2) is 9.55 Å². The summed E-state index contributed by atoms with van der Waals surface area (Å²) in [5.41, 5.74) is 5.19. The van der Waals surface area contributed by atoms with Gasteiger partial charge in [0.25, 0.3) is 0 Å². The van der Waals surface area contributed by atoms with Crippen molar-refractivity contribution >= 4 is 11.3 Å². The summed E-state index contributed by atoms with van der Waals surface area (Å²) in [5, 5.41) is 0. The lowest BCUT2D eigenvalue weighted by Crippen LogP contribution is -2.09. The lowest BCUT2D eigenvalue weighted by atomic mass is 9.95. The molecule has 0 saturated heterocycles. The summed E-state index contributed by atoms with van der Waals surface area (Å²) in [5.74, 6) is 1.48. The van der Waals surface area contributed by atoms with Gasteiger partial charge in [-0.3, -0.25) is 4.57 Å². The van der Waals surface area contributed by atoms with Gasteiger partial charge in [0.2, 0.25) is 0 Å². The van der Waals surface area contributed by atoms with Gasteiger partial charge in [-0.25, -0.2) is 4.98 Å². The van der Waals surface area contributed by atoms with Crippen LogP contribution in [-0.2, 0) is 0 Å². The molecular formula is C20H30N2. The summed E-state index contributed by atoms with van der Waals surface area (Å²) < 4.78 is 2.24. The normalized spacial score (nSPS) is 14.9. The summed E-state index contributed by atoms with van der Waals surface area (Å²) in [6.07, 6.45) is 13.5. The highest BCUT2D eigenvalue weighted by atomic mass is 15.1. The molecular weight excluding hydrogens is 268 g/mol. The second-order valence-electron chi connectivity index (χ2n) is 5.75. The zero-order valence-corrected chi connectivity index (χ0v) is 15.1. The van der Waals surface area contributed by atoms with Gasteiger partial charge in [0.05, 0.1) is 0 Å². The Morgan fingerprint density at radius 3 is 2.36 bits per heavy atom. The molecule has 0 saturated carbocycles. The highest BCUT2D eigenvalue weighted by Gasteiger charge is 2.17. The van der Waals surface area contributed by atoms with E-state index < -0.39 is 0 Å². The van der Waals surface area contributed by atoms with Gasteiger partial charge in [0.1, 0.15) is 5.82 Å². The Morgan fingerprint density at radius 2 is 1.91 bits per heavy atom. The van der Waals surface area contributed by atoms with Crippen molar-refractivity contribution in [3.05, 3.63) is 53.7 Å². The molecule has 1 aromatic rings. The summed E-state index contributed by atoms with van der Waals surface area (Å²) in [6.45, 7) is 15.1. The first kappa shape index (κ1) is 18.2. The molecule has 0 aliphatic rings. The Balaban J connectivity index is 3.59. The summed E-state index contributed by atoms with van der Waals surface area (Å²) >= 11 is 0. The fourth-order valence-corrected chi connectivity index (χ4v) is 2.68. The maximum Gasteiger partial charge on any atom is 0.144 e. The van der Waals surface area contributed by atoms with E-state index in [9.17, 15) is 0 Å². The van der Waals surface area contributed by atoms with Crippen LogP contribution in [0, 0.1) is 5.92 Å². The van der Waals surface area contributed by atoms with E-state index in [-0.39, 0.29) is 0 Å². The van der Waals surface area contributed by atoms with Gasteiger partial charge in [0, 0.05) is 23.7 Å². The van der Waals surface area contributed by atoms with Crippen molar-refractivity contribution in [3.63, 3.8) is 0 Å². The van der Waals surface area contributed by atoms with Gasteiger partial charge >= 0.3 is 0 Å². The first-order chi connectivity index (χ1) is 10.5. The lowest BCUT2D eigenvalue weighted by molar-refractivity contribution is 0.775. The van der Waals surface area contributed by atoms with E-state index in [0.29, 0.717) is 5.92 Å². The Bertz CT molecular complexity index is 607. The van der Waals surface area contributed by atoms with Crippen LogP contribution >= 0.6 is 0 Å². The highest BCUT2D eigenvalue weighted by Crippen LogP contribution is 2.31. The molecule has 1 rings (SSSR count). The molecule has 1 aromatic heterocycles. The van der Waals surface area contributed by atoms with Crippen LogP contribution in [0.15, 0.2) is 47.8 Å². The van der Waals surface area contributed by atoms with Gasteiger partial charge in [-0.05, 0) is 51.2 Å². The highest BCUT2D eigenvalue weighted by molar-refractivity contribution is 5.76. The van der Waals surface area contributed by atoms with Gasteiger partial charge in [-0.15, -0.1) is 0 Å². The number of allylic oxidation sites excluding steroid dienone is 8.